The molecular formula is CH3AgN2S. The van der Waals surface area contributed by atoms with E-state index in [1.54, 1.807) is 0 Å². The molecule has 2 nitrogen and oxygen atoms in total. The van der Waals surface area contributed by atoms with Gasteiger partial charge in [0.1, 0.15) is 0 Å². The van der Waals surface area contributed by atoms with Crippen molar-refractivity contribution >= 4 is 12.6 Å². The first-order chi connectivity index (χ1) is 1.41. The SMILES string of the molecule is N.N#C[S-].[Ag+]. The number of nitrogens with zero attached hydrogens (tertiary/aromatic N) is 1. The molecule has 0 aromatic heterocycles. The summed E-state index contributed by atoms with van der Waals surface area (Å²) in [4.78, 5) is 0. The number of thiocyanates is 1. The van der Waals surface area contributed by atoms with E-state index in [2.05, 4.69) is 12.6 Å². The second kappa shape index (κ2) is 25.8. The molecule has 0 aliphatic rings. The summed E-state index contributed by atoms with van der Waals surface area (Å²) in [5.41, 5.74) is 0. The average Bonchev–Trinajstić information content (AvgIpc) is 0.918. The average molecular weight is 183 g/mol. The summed E-state index contributed by atoms with van der Waals surface area (Å²) in [6.07, 6.45) is 0. The molecule has 5 heavy (non-hydrogen) atoms. The Kier molecular flexibility index (Phi) is 93.4. The zero-order valence-corrected chi connectivity index (χ0v) is 4.66. The summed E-state index contributed by atoms with van der Waals surface area (Å²) in [6, 6.07) is 0. The van der Waals surface area contributed by atoms with E-state index in [1.165, 1.54) is 5.40 Å². The molecule has 0 rings (SSSR count). The van der Waals surface area contributed by atoms with Gasteiger partial charge < -0.3 is 18.8 Å². The summed E-state index contributed by atoms with van der Waals surface area (Å²) >= 11 is 3.70. The van der Waals surface area contributed by atoms with Crippen LogP contribution in [0.1, 0.15) is 0 Å². The third-order valence-corrected chi connectivity index (χ3v) is 0. The number of nitriles is 1. The minimum Gasteiger partial charge on any atom is -0.696 e. The normalized spacial score (nSPS) is 1.40. The predicted octanol–water partition coefficient (Wildman–Crippen LogP) is 0.174. The van der Waals surface area contributed by atoms with Crippen LogP contribution in [-0.2, 0) is 35.0 Å². The Morgan fingerprint density at radius 1 is 1.60 bits per heavy atom. The molecule has 0 fully saturated rings. The zero-order valence-electron chi connectivity index (χ0n) is 2.36. The van der Waals surface area contributed by atoms with Gasteiger partial charge in [-0.3, -0.25) is 0 Å². The Labute approximate surface area is 52.1 Å². The molecule has 0 atom stereocenters. The van der Waals surface area contributed by atoms with Crippen LogP contribution in [0.5, 0.6) is 0 Å². The monoisotopic (exact) mass is 182 g/mol. The molecule has 0 spiro atoms. The van der Waals surface area contributed by atoms with E-state index < -0.39 is 0 Å². The van der Waals surface area contributed by atoms with Crippen molar-refractivity contribution in [2.45, 2.75) is 0 Å². The third kappa shape index (κ3) is 152. The van der Waals surface area contributed by atoms with E-state index in [-0.39, 0.29) is 28.5 Å². The molecule has 0 saturated carbocycles. The molecular weight excluding hydrogens is 180 g/mol. The summed E-state index contributed by atoms with van der Waals surface area (Å²) in [6.45, 7) is 0. The number of hydrogen-bond donors (Lipinski definition) is 1. The maximum atomic E-state index is 7.13. The van der Waals surface area contributed by atoms with Crippen LogP contribution in [0, 0.1) is 10.7 Å². The van der Waals surface area contributed by atoms with Gasteiger partial charge in [-0.1, -0.05) is 5.40 Å². The zero-order chi connectivity index (χ0) is 2.71. The summed E-state index contributed by atoms with van der Waals surface area (Å²) in [5, 5.41) is 8.47. The first-order valence-corrected chi connectivity index (χ1v) is 0.836. The van der Waals surface area contributed by atoms with Gasteiger partial charge in [0.25, 0.3) is 0 Å². The van der Waals surface area contributed by atoms with Gasteiger partial charge in [-0.2, -0.15) is 0 Å². The van der Waals surface area contributed by atoms with Crippen molar-refractivity contribution in [1.82, 2.24) is 6.15 Å². The smallest absolute Gasteiger partial charge is 0.696 e. The van der Waals surface area contributed by atoms with Crippen LogP contribution in [0.4, 0.5) is 0 Å². The number of rotatable bonds is 0. The fraction of sp³-hybridized carbons (Fsp3) is 0. The molecule has 0 saturated heterocycles. The molecule has 0 radical (unpaired) electrons. The van der Waals surface area contributed by atoms with Crippen molar-refractivity contribution in [3.8, 4) is 5.40 Å². The van der Waals surface area contributed by atoms with Crippen LogP contribution >= 0.6 is 0 Å². The molecule has 0 bridgehead atoms. The summed E-state index contributed by atoms with van der Waals surface area (Å²) in [5.74, 6) is 0. The van der Waals surface area contributed by atoms with Gasteiger partial charge in [-0.05, 0) is 0 Å². The Hall–Kier alpha value is 0.410. The van der Waals surface area contributed by atoms with Crippen molar-refractivity contribution in [3.05, 3.63) is 0 Å². The van der Waals surface area contributed by atoms with Crippen molar-refractivity contribution in [2.24, 2.45) is 0 Å². The van der Waals surface area contributed by atoms with E-state index in [4.69, 9.17) is 5.26 Å². The Bertz CT molecular complexity index is 31.1. The fourth-order valence-electron chi connectivity index (χ4n) is 0. The largest absolute Gasteiger partial charge is 1.00 e. The van der Waals surface area contributed by atoms with Gasteiger partial charge in [-0.25, -0.2) is 5.26 Å². The molecule has 0 heterocycles. The van der Waals surface area contributed by atoms with E-state index in [1.807, 2.05) is 0 Å². The molecule has 0 aromatic carbocycles. The quantitative estimate of drug-likeness (QED) is 0.331. The Morgan fingerprint density at radius 2 is 1.60 bits per heavy atom. The molecule has 0 unspecified atom stereocenters. The van der Waals surface area contributed by atoms with Gasteiger partial charge in [0.05, 0.1) is 0 Å². The molecule has 34 valence electrons. The van der Waals surface area contributed by atoms with Crippen LogP contribution in [0.3, 0.4) is 0 Å². The maximum Gasteiger partial charge on any atom is 1.00 e. The van der Waals surface area contributed by atoms with E-state index in [9.17, 15) is 0 Å². The maximum absolute atomic E-state index is 7.13. The van der Waals surface area contributed by atoms with Crippen LogP contribution in [0.15, 0.2) is 0 Å². The minimum atomic E-state index is 0. The third-order valence-electron chi connectivity index (χ3n) is 0. The van der Waals surface area contributed by atoms with Gasteiger partial charge in [-0.15, -0.1) is 0 Å². The second-order valence-electron chi connectivity index (χ2n) is 0.0913. The standard InChI is InChI=1S/CHNS.Ag.H3N/c2-1-3;;/h3H;;1H3/q;+1;/p-1. The molecule has 3 N–H and O–H groups in total. The first-order valence-electron chi connectivity index (χ1n) is 0.428. The number of hydrogen-bond acceptors (Lipinski definition) is 3. The Balaban J connectivity index is -0.0000000200. The van der Waals surface area contributed by atoms with Crippen LogP contribution < -0.4 is 6.15 Å². The minimum absolute atomic E-state index is 0. The van der Waals surface area contributed by atoms with Gasteiger partial charge in [0.15, 0.2) is 0 Å². The van der Waals surface area contributed by atoms with Crippen LogP contribution in [-0.4, -0.2) is 0 Å². The first kappa shape index (κ1) is 18.1. The van der Waals surface area contributed by atoms with Crippen molar-refractivity contribution < 1.29 is 22.4 Å². The molecule has 0 aromatic rings. The molecule has 0 aliphatic heterocycles. The van der Waals surface area contributed by atoms with Gasteiger partial charge in [0.2, 0.25) is 0 Å². The summed E-state index contributed by atoms with van der Waals surface area (Å²) < 4.78 is 0. The van der Waals surface area contributed by atoms with Gasteiger partial charge in [0, 0.05) is 0 Å². The predicted molar refractivity (Wildman–Crippen MR) is 18.0 cm³/mol. The van der Waals surface area contributed by atoms with E-state index >= 15 is 0 Å². The van der Waals surface area contributed by atoms with E-state index in [0.717, 1.165) is 0 Å². The fourth-order valence-corrected chi connectivity index (χ4v) is 0. The second-order valence-corrected chi connectivity index (χ2v) is 0.274. The molecule has 0 amide bonds. The van der Waals surface area contributed by atoms with Crippen molar-refractivity contribution in [3.63, 3.8) is 0 Å². The van der Waals surface area contributed by atoms with Crippen molar-refractivity contribution in [2.75, 3.05) is 0 Å². The molecule has 4 heteroatoms. The molecule has 0 aliphatic carbocycles. The van der Waals surface area contributed by atoms with Gasteiger partial charge >= 0.3 is 22.4 Å². The van der Waals surface area contributed by atoms with Crippen LogP contribution in [0.2, 0.25) is 0 Å². The summed E-state index contributed by atoms with van der Waals surface area (Å²) in [7, 11) is 0. The topological polar surface area (TPSA) is 58.8 Å². The Morgan fingerprint density at radius 3 is 1.60 bits per heavy atom. The van der Waals surface area contributed by atoms with Crippen molar-refractivity contribution in [1.29, 1.82) is 5.26 Å². The van der Waals surface area contributed by atoms with E-state index in [0.29, 0.717) is 0 Å². The van der Waals surface area contributed by atoms with Crippen LogP contribution in [0.25, 0.3) is 0 Å².